The lowest BCUT2D eigenvalue weighted by Crippen LogP contribution is -2.46. The van der Waals surface area contributed by atoms with E-state index < -0.39 is 6.10 Å². The molecule has 0 amide bonds. The molecule has 0 aliphatic carbocycles. The first-order valence-corrected chi connectivity index (χ1v) is 9.75. The first-order chi connectivity index (χ1) is 13.4. The maximum atomic E-state index is 10.3. The number of aliphatic hydroxyl groups is 1. The Hall–Kier alpha value is -1.97. The van der Waals surface area contributed by atoms with Crippen molar-refractivity contribution in [3.05, 3.63) is 58.1 Å². The maximum Gasteiger partial charge on any atom is 0.138 e. The third-order valence-electron chi connectivity index (χ3n) is 4.73. The van der Waals surface area contributed by atoms with Gasteiger partial charge in [-0.2, -0.15) is 5.26 Å². The Kier molecular flexibility index (Phi) is 8.18. The molecule has 3 rings (SSSR count). The molecule has 2 N–H and O–H groups in total. The molecule has 156 valence electrons. The molecule has 1 aliphatic heterocycles. The van der Waals surface area contributed by atoms with Crippen LogP contribution in [0.4, 0.5) is 0 Å². The van der Waals surface area contributed by atoms with Gasteiger partial charge in [0.05, 0.1) is 11.6 Å². The van der Waals surface area contributed by atoms with Crippen molar-refractivity contribution in [3.63, 3.8) is 0 Å². The van der Waals surface area contributed by atoms with E-state index in [2.05, 4.69) is 31.3 Å². The van der Waals surface area contributed by atoms with Crippen LogP contribution in [0.25, 0.3) is 0 Å². The second-order valence-electron chi connectivity index (χ2n) is 7.67. The van der Waals surface area contributed by atoms with Crippen LogP contribution in [0.1, 0.15) is 30.5 Å². The second-order valence-corrected chi connectivity index (χ2v) is 8.08. The van der Waals surface area contributed by atoms with Gasteiger partial charge in [0, 0.05) is 18.5 Å². The Balaban J connectivity index is 0.00000300. The zero-order valence-electron chi connectivity index (χ0n) is 16.6. The quantitative estimate of drug-likeness (QED) is 0.655. The number of β-amino-alcohol motifs (C(OH)–C–C–N with tert-alkyl or cyclic N) is 1. The van der Waals surface area contributed by atoms with E-state index in [9.17, 15) is 10.4 Å². The zero-order valence-corrected chi connectivity index (χ0v) is 18.1. The molecule has 0 bridgehead atoms. The molecule has 0 fully saturated rings. The van der Waals surface area contributed by atoms with Crippen molar-refractivity contribution in [3.8, 4) is 17.6 Å². The molecule has 29 heavy (non-hydrogen) atoms. The van der Waals surface area contributed by atoms with Crippen LogP contribution < -0.4 is 14.8 Å². The van der Waals surface area contributed by atoms with Crippen LogP contribution in [-0.4, -0.2) is 36.5 Å². The summed E-state index contributed by atoms with van der Waals surface area (Å²) < 4.78 is 11.2. The number of hydrogen-bond donors (Lipinski definition) is 2. The van der Waals surface area contributed by atoms with Crippen molar-refractivity contribution < 1.29 is 14.6 Å². The van der Waals surface area contributed by atoms with Crippen LogP contribution in [-0.2, 0) is 12.8 Å². The number of rotatable bonds is 8. The lowest BCUT2D eigenvalue weighted by Gasteiger charge is -2.28. The molecule has 0 spiro atoms. The van der Waals surface area contributed by atoms with Gasteiger partial charge in [0.25, 0.3) is 0 Å². The van der Waals surface area contributed by atoms with Gasteiger partial charge in [0.15, 0.2) is 0 Å². The van der Waals surface area contributed by atoms with Crippen LogP contribution in [0.5, 0.6) is 11.5 Å². The standard InChI is InChI=1S/C22H25ClN2O3.ClH/c1-22(2,11-15-6-7-20-16(10-15)8-9-27-20)25-13-17(26)14-28-21-5-3-4-19(23)18(21)12-24;/h3-7,10,17,25-26H,8-9,11,13-14H2,1-2H3;1H. The first-order valence-electron chi connectivity index (χ1n) is 9.37. The monoisotopic (exact) mass is 436 g/mol. The first kappa shape index (κ1) is 23.3. The molecule has 0 saturated carbocycles. The van der Waals surface area contributed by atoms with Crippen LogP contribution in [0.2, 0.25) is 5.02 Å². The fraction of sp³-hybridized carbons (Fsp3) is 0.409. The van der Waals surface area contributed by atoms with Gasteiger partial charge < -0.3 is 19.9 Å². The Morgan fingerprint density at radius 3 is 2.90 bits per heavy atom. The van der Waals surface area contributed by atoms with Gasteiger partial charge >= 0.3 is 0 Å². The highest BCUT2D eigenvalue weighted by molar-refractivity contribution is 6.31. The van der Waals surface area contributed by atoms with E-state index in [1.165, 1.54) is 11.1 Å². The van der Waals surface area contributed by atoms with Crippen LogP contribution in [0.15, 0.2) is 36.4 Å². The summed E-state index contributed by atoms with van der Waals surface area (Å²) in [5.74, 6) is 1.37. The minimum Gasteiger partial charge on any atom is -0.493 e. The largest absolute Gasteiger partial charge is 0.493 e. The molecule has 2 aromatic carbocycles. The SMILES string of the molecule is CC(C)(Cc1ccc2c(c1)CCO2)NCC(O)COc1cccc(Cl)c1C#N.Cl. The molecule has 1 atom stereocenters. The number of nitrogens with one attached hydrogen (secondary N) is 1. The molecular formula is C22H26Cl2N2O3. The molecule has 1 heterocycles. The minimum absolute atomic E-state index is 0. The number of nitrogens with zero attached hydrogens (tertiary/aromatic N) is 1. The molecule has 1 aliphatic rings. The van der Waals surface area contributed by atoms with Gasteiger partial charge in [-0.3, -0.25) is 0 Å². The highest BCUT2D eigenvalue weighted by Crippen LogP contribution is 2.27. The lowest BCUT2D eigenvalue weighted by molar-refractivity contribution is 0.0987. The van der Waals surface area contributed by atoms with Gasteiger partial charge in [0.1, 0.15) is 35.8 Å². The smallest absolute Gasteiger partial charge is 0.138 e. The normalized spacial score (nSPS) is 13.6. The fourth-order valence-corrected chi connectivity index (χ4v) is 3.50. The number of aliphatic hydroxyl groups excluding tert-OH is 1. The Morgan fingerprint density at radius 2 is 2.14 bits per heavy atom. The molecule has 0 radical (unpaired) electrons. The molecule has 5 nitrogen and oxygen atoms in total. The predicted molar refractivity (Wildman–Crippen MR) is 116 cm³/mol. The summed E-state index contributed by atoms with van der Waals surface area (Å²) >= 11 is 5.99. The summed E-state index contributed by atoms with van der Waals surface area (Å²) in [6.07, 6.45) is 1.08. The van der Waals surface area contributed by atoms with Crippen LogP contribution in [0, 0.1) is 11.3 Å². The second kappa shape index (κ2) is 10.2. The van der Waals surface area contributed by atoms with Gasteiger partial charge in [-0.05, 0) is 49.6 Å². The number of benzene rings is 2. The van der Waals surface area contributed by atoms with Gasteiger partial charge in [-0.1, -0.05) is 29.8 Å². The highest BCUT2D eigenvalue weighted by atomic mass is 35.5. The van der Waals surface area contributed by atoms with Crippen molar-refractivity contribution >= 4 is 24.0 Å². The van der Waals surface area contributed by atoms with Crippen LogP contribution >= 0.6 is 24.0 Å². The van der Waals surface area contributed by atoms with E-state index in [1.54, 1.807) is 18.2 Å². The topological polar surface area (TPSA) is 74.5 Å². The van der Waals surface area contributed by atoms with Crippen molar-refractivity contribution in [2.45, 2.75) is 38.3 Å². The van der Waals surface area contributed by atoms with E-state index in [0.29, 0.717) is 17.3 Å². The Labute approximate surface area is 183 Å². The number of ether oxygens (including phenoxy) is 2. The minimum atomic E-state index is -0.710. The number of fused-ring (bicyclic) bond motifs is 1. The molecule has 2 aromatic rings. The summed E-state index contributed by atoms with van der Waals surface area (Å²) in [5.41, 5.74) is 2.59. The van der Waals surface area contributed by atoms with Crippen molar-refractivity contribution in [1.29, 1.82) is 5.26 Å². The lowest BCUT2D eigenvalue weighted by atomic mass is 9.93. The summed E-state index contributed by atoms with van der Waals surface area (Å²) in [6.45, 7) is 5.43. The van der Waals surface area contributed by atoms with E-state index in [0.717, 1.165) is 25.2 Å². The highest BCUT2D eigenvalue weighted by Gasteiger charge is 2.21. The Bertz CT molecular complexity index is 881. The summed E-state index contributed by atoms with van der Waals surface area (Å²) in [4.78, 5) is 0. The summed E-state index contributed by atoms with van der Waals surface area (Å²) in [7, 11) is 0. The molecule has 0 saturated heterocycles. The van der Waals surface area contributed by atoms with Crippen molar-refractivity contribution in [1.82, 2.24) is 5.32 Å². The number of halogens is 2. The maximum absolute atomic E-state index is 10.3. The summed E-state index contributed by atoms with van der Waals surface area (Å²) in [6, 6.07) is 13.4. The van der Waals surface area contributed by atoms with E-state index in [4.69, 9.17) is 21.1 Å². The average Bonchev–Trinajstić information content (AvgIpc) is 3.12. The van der Waals surface area contributed by atoms with Crippen molar-refractivity contribution in [2.24, 2.45) is 0 Å². The van der Waals surface area contributed by atoms with E-state index in [1.807, 2.05) is 12.1 Å². The third kappa shape index (κ3) is 6.25. The number of nitriles is 1. The molecule has 7 heteroatoms. The van der Waals surface area contributed by atoms with Crippen molar-refractivity contribution in [2.75, 3.05) is 19.8 Å². The zero-order chi connectivity index (χ0) is 20.1. The van der Waals surface area contributed by atoms with Gasteiger partial charge in [0.2, 0.25) is 0 Å². The van der Waals surface area contributed by atoms with E-state index in [-0.39, 0.29) is 30.1 Å². The summed E-state index contributed by atoms with van der Waals surface area (Å²) in [5, 5.41) is 23.2. The van der Waals surface area contributed by atoms with Gasteiger partial charge in [-0.15, -0.1) is 12.4 Å². The Morgan fingerprint density at radius 1 is 1.34 bits per heavy atom. The molecule has 0 aromatic heterocycles. The predicted octanol–water partition coefficient (Wildman–Crippen LogP) is 3.92. The molecule has 1 unspecified atom stereocenters. The number of hydrogen-bond acceptors (Lipinski definition) is 5. The average molecular weight is 437 g/mol. The van der Waals surface area contributed by atoms with Crippen LogP contribution in [0.3, 0.4) is 0 Å². The fourth-order valence-electron chi connectivity index (χ4n) is 3.29. The van der Waals surface area contributed by atoms with Gasteiger partial charge in [-0.25, -0.2) is 0 Å². The molecular weight excluding hydrogens is 411 g/mol. The van der Waals surface area contributed by atoms with E-state index >= 15 is 0 Å². The third-order valence-corrected chi connectivity index (χ3v) is 5.05.